The van der Waals surface area contributed by atoms with Gasteiger partial charge in [0, 0.05) is 26.2 Å². The number of nitrogens with zero attached hydrogens (tertiary/aromatic N) is 2. The van der Waals surface area contributed by atoms with Crippen molar-refractivity contribution >= 4 is 24.1 Å². The maximum atomic E-state index is 11.8. The van der Waals surface area contributed by atoms with Gasteiger partial charge in [0.2, 0.25) is 0 Å². The molecule has 41 heavy (non-hydrogen) atoms. The molecule has 2 aromatic rings. The number of amides is 2. The average Bonchev–Trinajstić information content (AvgIpc) is 2.97. The van der Waals surface area contributed by atoms with Crippen molar-refractivity contribution in [2.24, 2.45) is 0 Å². The Labute approximate surface area is 250 Å². The monoisotopic (exact) mass is 560 g/mol. The van der Waals surface area contributed by atoms with Gasteiger partial charge in [0.15, 0.2) is 0 Å². The molecular formula is C29H33LiN2O9. The predicted octanol–water partition coefficient (Wildman–Crippen LogP) is 1.05. The number of methoxy groups -OCH3 is 1. The Morgan fingerprint density at radius 2 is 1.24 bits per heavy atom. The number of ether oxygens (including phenoxy) is 3. The zero-order valence-corrected chi connectivity index (χ0v) is 23.3. The molecule has 0 radical (unpaired) electrons. The molecule has 0 aliphatic carbocycles. The molecule has 12 heteroatoms. The first kappa shape index (κ1) is 35.0. The molecule has 0 spiro atoms. The number of hydrogen-bond donors (Lipinski definition) is 1. The van der Waals surface area contributed by atoms with E-state index in [1.165, 1.54) is 19.3 Å². The third-order valence-electron chi connectivity index (χ3n) is 6.27. The minimum absolute atomic E-state index is 0. The normalized spacial score (nSPS) is 12.8. The Hall–Kier alpha value is -4.04. The van der Waals surface area contributed by atoms with E-state index in [1.807, 2.05) is 12.1 Å². The largest absolute Gasteiger partial charge is 1.00 e. The van der Waals surface area contributed by atoms with E-state index in [-0.39, 0.29) is 55.2 Å². The zero-order valence-electron chi connectivity index (χ0n) is 23.3. The van der Waals surface area contributed by atoms with E-state index in [4.69, 9.17) is 19.3 Å². The van der Waals surface area contributed by atoms with Crippen LogP contribution in [0.4, 0.5) is 9.59 Å². The molecule has 214 valence electrons. The Morgan fingerprint density at radius 3 is 1.66 bits per heavy atom. The number of rotatable bonds is 6. The van der Waals surface area contributed by atoms with Crippen LogP contribution in [-0.4, -0.2) is 77.9 Å². The summed E-state index contributed by atoms with van der Waals surface area (Å²) in [5.74, 6) is -1.34. The number of carbonyl (C=O) groups is 4. The van der Waals surface area contributed by atoms with Crippen LogP contribution < -0.4 is 18.9 Å². The summed E-state index contributed by atoms with van der Waals surface area (Å²) in [6.45, 7) is 9.38. The van der Waals surface area contributed by atoms with Crippen LogP contribution in [-0.2, 0) is 40.1 Å². The van der Waals surface area contributed by atoms with E-state index in [0.29, 0.717) is 38.2 Å². The summed E-state index contributed by atoms with van der Waals surface area (Å²) in [4.78, 5) is 49.2. The average molecular weight is 561 g/mol. The molecule has 0 bridgehead atoms. The number of carboxylic acids is 1. The second kappa shape index (κ2) is 16.9. The Bertz CT molecular complexity index is 1260. The van der Waals surface area contributed by atoms with E-state index in [1.54, 1.807) is 34.1 Å². The van der Waals surface area contributed by atoms with Crippen LogP contribution in [0.5, 0.6) is 0 Å². The zero-order chi connectivity index (χ0) is 28.4. The van der Waals surface area contributed by atoms with Crippen molar-refractivity contribution in [3.05, 3.63) is 95.1 Å². The van der Waals surface area contributed by atoms with Crippen LogP contribution in [0.25, 0.3) is 0 Å². The van der Waals surface area contributed by atoms with Gasteiger partial charge in [0.05, 0.1) is 18.2 Å². The van der Waals surface area contributed by atoms with E-state index in [2.05, 4.69) is 13.2 Å². The smallest absolute Gasteiger partial charge is 0.870 e. The van der Waals surface area contributed by atoms with Gasteiger partial charge < -0.3 is 34.6 Å². The molecule has 4 rings (SSSR count). The predicted molar refractivity (Wildman–Crippen MR) is 144 cm³/mol. The number of fused-ring (bicyclic) bond motifs is 2. The van der Waals surface area contributed by atoms with E-state index in [0.717, 1.165) is 28.7 Å². The summed E-state index contributed by atoms with van der Waals surface area (Å²) in [6.07, 6.45) is 3.74. The van der Waals surface area contributed by atoms with Gasteiger partial charge in [-0.2, -0.15) is 0 Å². The van der Waals surface area contributed by atoms with Gasteiger partial charge in [0.1, 0.15) is 13.2 Å². The summed E-state index contributed by atoms with van der Waals surface area (Å²) in [5, 5.41) is 8.96. The van der Waals surface area contributed by atoms with Crippen LogP contribution in [0.2, 0.25) is 0 Å². The first-order chi connectivity index (χ1) is 18.8. The second-order valence-electron chi connectivity index (χ2n) is 8.84. The Morgan fingerprint density at radius 1 is 0.805 bits per heavy atom. The minimum atomic E-state index is -0.964. The van der Waals surface area contributed by atoms with Gasteiger partial charge in [-0.3, -0.25) is 0 Å². The van der Waals surface area contributed by atoms with Crippen molar-refractivity contribution in [3.63, 3.8) is 0 Å². The molecule has 2 aromatic carbocycles. The fourth-order valence-electron chi connectivity index (χ4n) is 4.25. The summed E-state index contributed by atoms with van der Waals surface area (Å²) in [6, 6.07) is 10.4. The number of carbonyl (C=O) groups excluding carboxylic acids is 3. The summed E-state index contributed by atoms with van der Waals surface area (Å²) < 4.78 is 14.7. The summed E-state index contributed by atoms with van der Waals surface area (Å²) >= 11 is 0. The molecule has 2 amide bonds. The third kappa shape index (κ3) is 9.53. The van der Waals surface area contributed by atoms with Crippen molar-refractivity contribution in [1.29, 1.82) is 0 Å². The molecule has 0 saturated heterocycles. The maximum Gasteiger partial charge on any atom is 1.00 e. The minimum Gasteiger partial charge on any atom is -0.870 e. The Kier molecular flexibility index (Phi) is 14.4. The molecule has 2 aliphatic rings. The van der Waals surface area contributed by atoms with Gasteiger partial charge in [-0.25, -0.2) is 19.2 Å². The molecule has 0 unspecified atom stereocenters. The summed E-state index contributed by atoms with van der Waals surface area (Å²) in [7, 11) is 1.35. The molecule has 2 N–H and O–H groups in total. The fourth-order valence-corrected chi connectivity index (χ4v) is 4.25. The quantitative estimate of drug-likeness (QED) is 0.236. The van der Waals surface area contributed by atoms with Crippen molar-refractivity contribution in [1.82, 2.24) is 9.80 Å². The SMILES string of the molecule is C=CCOC(=O)N1CCc2ccc(C(=O)O)cc2C1.C=CCOC(=O)N1CCc2ccc(C(=O)OC)cc2C1.[Li+].[OH-]. The van der Waals surface area contributed by atoms with Crippen molar-refractivity contribution in [3.8, 4) is 0 Å². The summed E-state index contributed by atoms with van der Waals surface area (Å²) in [5.41, 5.74) is 4.77. The standard InChI is InChI=1S/C15H17NO4.C14H15NO4.Li.H2O/c1-3-8-20-15(18)16-7-6-11-4-5-12(14(17)19-2)9-13(11)10-16;1-2-7-19-14(18)15-6-5-10-3-4-11(13(16)17)8-12(10)9-15;;/h3-5,9H,1,6-8,10H2,2H3;2-4,8H,1,5-7,9H2,(H,16,17);;1H2/q;;+1;/p-1. The first-order valence-electron chi connectivity index (χ1n) is 12.4. The van der Waals surface area contributed by atoms with E-state index < -0.39 is 12.1 Å². The number of esters is 1. The van der Waals surface area contributed by atoms with Crippen molar-refractivity contribution in [2.75, 3.05) is 33.4 Å². The molecule has 0 atom stereocenters. The van der Waals surface area contributed by atoms with Gasteiger partial charge in [-0.1, -0.05) is 37.4 Å². The van der Waals surface area contributed by atoms with Crippen LogP contribution in [0.1, 0.15) is 43.0 Å². The molecule has 2 aliphatic heterocycles. The molecule has 0 saturated carbocycles. The van der Waals surface area contributed by atoms with Crippen LogP contribution in [0.3, 0.4) is 0 Å². The van der Waals surface area contributed by atoms with Crippen molar-refractivity contribution < 1.29 is 62.8 Å². The topological polar surface area (TPSA) is 153 Å². The molecule has 2 heterocycles. The number of hydrogen-bond acceptors (Lipinski definition) is 8. The molecule has 11 nitrogen and oxygen atoms in total. The van der Waals surface area contributed by atoms with Crippen LogP contribution in [0.15, 0.2) is 61.7 Å². The molecule has 0 aromatic heterocycles. The number of aromatic carboxylic acids is 1. The van der Waals surface area contributed by atoms with Crippen LogP contribution >= 0.6 is 0 Å². The maximum absolute atomic E-state index is 11.8. The fraction of sp³-hybridized carbons (Fsp3) is 0.310. The number of benzene rings is 2. The number of carboxylic acid groups (broad SMARTS) is 1. The van der Waals surface area contributed by atoms with Crippen LogP contribution in [0, 0.1) is 0 Å². The Balaban J connectivity index is 0.000000391. The molecular weight excluding hydrogens is 527 g/mol. The third-order valence-corrected chi connectivity index (χ3v) is 6.27. The van der Waals surface area contributed by atoms with E-state index in [9.17, 15) is 19.2 Å². The van der Waals surface area contributed by atoms with Gasteiger partial charge in [0.25, 0.3) is 0 Å². The van der Waals surface area contributed by atoms with Gasteiger partial charge >= 0.3 is 43.0 Å². The van der Waals surface area contributed by atoms with Gasteiger partial charge in [-0.15, -0.1) is 0 Å². The second-order valence-corrected chi connectivity index (χ2v) is 8.84. The van der Waals surface area contributed by atoms with E-state index >= 15 is 0 Å². The van der Waals surface area contributed by atoms with Gasteiger partial charge in [-0.05, 0) is 59.4 Å². The first-order valence-corrected chi connectivity index (χ1v) is 12.4. The van der Waals surface area contributed by atoms with Crippen molar-refractivity contribution in [2.45, 2.75) is 25.9 Å². The molecule has 0 fully saturated rings.